The average molecular weight is 283 g/mol. The fraction of sp³-hybridized carbons (Fsp3) is 0.0714. The standard InChI is InChI=1S/C14H9Cl2FO/c15-11-3-1-2-9(6-11)7-14(18)10-4-5-12(16)13(17)8-10/h1-6,8H,7H2. The number of ketones is 1. The van der Waals surface area contributed by atoms with Crippen LogP contribution in [0.3, 0.4) is 0 Å². The van der Waals surface area contributed by atoms with E-state index in [2.05, 4.69) is 0 Å². The van der Waals surface area contributed by atoms with Gasteiger partial charge in [-0.3, -0.25) is 4.79 Å². The van der Waals surface area contributed by atoms with Crippen molar-refractivity contribution < 1.29 is 9.18 Å². The second kappa shape index (κ2) is 5.51. The van der Waals surface area contributed by atoms with Crippen molar-refractivity contribution in [1.82, 2.24) is 0 Å². The highest BCUT2D eigenvalue weighted by Crippen LogP contribution is 2.18. The van der Waals surface area contributed by atoms with Crippen LogP contribution in [-0.2, 0) is 6.42 Å². The van der Waals surface area contributed by atoms with E-state index in [1.165, 1.54) is 12.1 Å². The molecule has 0 N–H and O–H groups in total. The van der Waals surface area contributed by atoms with Gasteiger partial charge in [0, 0.05) is 17.0 Å². The first-order chi connectivity index (χ1) is 8.56. The number of Topliss-reactive ketones (excluding diaryl/α,β-unsaturated/α-hetero) is 1. The molecule has 0 bridgehead atoms. The van der Waals surface area contributed by atoms with Crippen molar-refractivity contribution in [3.63, 3.8) is 0 Å². The van der Waals surface area contributed by atoms with Crippen molar-refractivity contribution in [2.24, 2.45) is 0 Å². The van der Waals surface area contributed by atoms with Gasteiger partial charge in [-0.15, -0.1) is 0 Å². The van der Waals surface area contributed by atoms with E-state index in [4.69, 9.17) is 23.2 Å². The third-order valence-electron chi connectivity index (χ3n) is 2.50. The van der Waals surface area contributed by atoms with Crippen molar-refractivity contribution in [1.29, 1.82) is 0 Å². The zero-order chi connectivity index (χ0) is 13.1. The Morgan fingerprint density at radius 3 is 2.56 bits per heavy atom. The number of halogens is 3. The van der Waals surface area contributed by atoms with Gasteiger partial charge in [-0.05, 0) is 35.9 Å². The van der Waals surface area contributed by atoms with E-state index in [0.717, 1.165) is 11.6 Å². The number of hydrogen-bond acceptors (Lipinski definition) is 1. The number of carbonyl (C=O) groups excluding carboxylic acids is 1. The summed E-state index contributed by atoms with van der Waals surface area (Å²) in [7, 11) is 0. The van der Waals surface area contributed by atoms with Gasteiger partial charge in [0.05, 0.1) is 5.02 Å². The SMILES string of the molecule is O=C(Cc1cccc(Cl)c1)c1ccc(Cl)c(F)c1. The van der Waals surface area contributed by atoms with Crippen molar-refractivity contribution in [2.75, 3.05) is 0 Å². The van der Waals surface area contributed by atoms with E-state index in [0.29, 0.717) is 10.6 Å². The molecule has 0 fully saturated rings. The molecule has 2 aromatic carbocycles. The van der Waals surface area contributed by atoms with E-state index in [1.807, 2.05) is 0 Å². The second-order valence-corrected chi connectivity index (χ2v) is 4.70. The zero-order valence-corrected chi connectivity index (χ0v) is 10.8. The smallest absolute Gasteiger partial charge is 0.167 e. The van der Waals surface area contributed by atoms with Gasteiger partial charge in [0.15, 0.2) is 5.78 Å². The average Bonchev–Trinajstić information content (AvgIpc) is 2.32. The lowest BCUT2D eigenvalue weighted by Gasteiger charge is -2.03. The Hall–Kier alpha value is -1.38. The summed E-state index contributed by atoms with van der Waals surface area (Å²) in [6.07, 6.45) is 0.182. The van der Waals surface area contributed by atoms with Crippen molar-refractivity contribution >= 4 is 29.0 Å². The van der Waals surface area contributed by atoms with Crippen LogP contribution in [0, 0.1) is 5.82 Å². The third-order valence-corrected chi connectivity index (χ3v) is 3.04. The van der Waals surface area contributed by atoms with E-state index < -0.39 is 5.82 Å². The molecule has 0 saturated carbocycles. The first-order valence-corrected chi connectivity index (χ1v) is 6.04. The van der Waals surface area contributed by atoms with Gasteiger partial charge >= 0.3 is 0 Å². The van der Waals surface area contributed by atoms with Crippen LogP contribution in [0.1, 0.15) is 15.9 Å². The maximum absolute atomic E-state index is 13.2. The summed E-state index contributed by atoms with van der Waals surface area (Å²) in [6.45, 7) is 0. The Balaban J connectivity index is 2.19. The molecule has 18 heavy (non-hydrogen) atoms. The molecule has 0 amide bonds. The summed E-state index contributed by atoms with van der Waals surface area (Å²) in [5.74, 6) is -0.763. The Bertz CT molecular complexity index is 596. The molecular formula is C14H9Cl2FO. The first-order valence-electron chi connectivity index (χ1n) is 5.29. The molecule has 92 valence electrons. The fourth-order valence-electron chi connectivity index (χ4n) is 1.60. The molecule has 0 unspecified atom stereocenters. The van der Waals surface area contributed by atoms with Crippen LogP contribution in [0.2, 0.25) is 10.0 Å². The maximum atomic E-state index is 13.2. The molecule has 1 nitrogen and oxygen atoms in total. The molecular weight excluding hydrogens is 274 g/mol. The zero-order valence-electron chi connectivity index (χ0n) is 9.29. The van der Waals surface area contributed by atoms with E-state index in [-0.39, 0.29) is 17.2 Å². The molecule has 2 aromatic rings. The minimum absolute atomic E-state index is 0.00862. The first kappa shape index (κ1) is 13.1. The maximum Gasteiger partial charge on any atom is 0.167 e. The number of hydrogen-bond donors (Lipinski definition) is 0. The molecule has 0 radical (unpaired) electrons. The summed E-state index contributed by atoms with van der Waals surface area (Å²) < 4.78 is 13.2. The molecule has 4 heteroatoms. The highest BCUT2D eigenvalue weighted by molar-refractivity contribution is 6.31. The number of rotatable bonds is 3. The minimum atomic E-state index is -0.589. The summed E-state index contributed by atoms with van der Waals surface area (Å²) in [4.78, 5) is 11.9. The van der Waals surface area contributed by atoms with Crippen LogP contribution in [0.25, 0.3) is 0 Å². The van der Waals surface area contributed by atoms with Gasteiger partial charge < -0.3 is 0 Å². The lowest BCUT2D eigenvalue weighted by atomic mass is 10.0. The van der Waals surface area contributed by atoms with Crippen molar-refractivity contribution in [2.45, 2.75) is 6.42 Å². The van der Waals surface area contributed by atoms with E-state index in [1.54, 1.807) is 24.3 Å². The van der Waals surface area contributed by atoms with Gasteiger partial charge in [0.25, 0.3) is 0 Å². The largest absolute Gasteiger partial charge is 0.294 e. The monoisotopic (exact) mass is 282 g/mol. The van der Waals surface area contributed by atoms with E-state index in [9.17, 15) is 9.18 Å². The highest BCUT2D eigenvalue weighted by atomic mass is 35.5. The fourth-order valence-corrected chi connectivity index (χ4v) is 1.93. The molecule has 0 aromatic heterocycles. The van der Waals surface area contributed by atoms with Crippen molar-refractivity contribution in [3.8, 4) is 0 Å². The highest BCUT2D eigenvalue weighted by Gasteiger charge is 2.10. The van der Waals surface area contributed by atoms with Crippen LogP contribution in [0.5, 0.6) is 0 Å². The van der Waals surface area contributed by atoms with Gasteiger partial charge in [-0.2, -0.15) is 0 Å². The summed E-state index contributed by atoms with van der Waals surface area (Å²) in [6, 6.07) is 11.1. The summed E-state index contributed by atoms with van der Waals surface area (Å²) >= 11 is 11.4. The van der Waals surface area contributed by atoms with E-state index >= 15 is 0 Å². The topological polar surface area (TPSA) is 17.1 Å². The third kappa shape index (κ3) is 3.09. The van der Waals surface area contributed by atoms with Gasteiger partial charge in [0.2, 0.25) is 0 Å². The second-order valence-electron chi connectivity index (χ2n) is 3.86. The summed E-state index contributed by atoms with van der Waals surface area (Å²) in [5, 5.41) is 0.580. The van der Waals surface area contributed by atoms with Crippen LogP contribution >= 0.6 is 23.2 Å². The lowest BCUT2D eigenvalue weighted by molar-refractivity contribution is 0.0992. The van der Waals surface area contributed by atoms with Gasteiger partial charge in [-0.1, -0.05) is 35.3 Å². The lowest BCUT2D eigenvalue weighted by Crippen LogP contribution is -2.04. The predicted molar refractivity (Wildman–Crippen MR) is 70.9 cm³/mol. The molecule has 0 heterocycles. The van der Waals surface area contributed by atoms with Crippen LogP contribution in [0.15, 0.2) is 42.5 Å². The van der Waals surface area contributed by atoms with Crippen LogP contribution in [-0.4, -0.2) is 5.78 Å². The molecule has 0 aliphatic heterocycles. The minimum Gasteiger partial charge on any atom is -0.294 e. The van der Waals surface area contributed by atoms with Gasteiger partial charge in [-0.25, -0.2) is 4.39 Å². The summed E-state index contributed by atoms with van der Waals surface area (Å²) in [5.41, 5.74) is 1.10. The van der Waals surface area contributed by atoms with Gasteiger partial charge in [0.1, 0.15) is 5.82 Å². The molecule has 2 rings (SSSR count). The molecule has 0 spiro atoms. The normalized spacial score (nSPS) is 10.4. The van der Waals surface area contributed by atoms with Crippen molar-refractivity contribution in [3.05, 3.63) is 69.5 Å². The number of carbonyl (C=O) groups is 1. The molecule has 0 aliphatic rings. The molecule has 0 atom stereocenters. The Labute approximate surface area is 114 Å². The Morgan fingerprint density at radius 1 is 1.11 bits per heavy atom. The Morgan fingerprint density at radius 2 is 1.89 bits per heavy atom. The van der Waals surface area contributed by atoms with Crippen LogP contribution in [0.4, 0.5) is 4.39 Å². The molecule has 0 aliphatic carbocycles. The van der Waals surface area contributed by atoms with Crippen LogP contribution < -0.4 is 0 Å². The Kier molecular flexibility index (Phi) is 4.00. The predicted octanol–water partition coefficient (Wildman–Crippen LogP) is 4.56. The number of benzene rings is 2. The molecule has 0 saturated heterocycles. The quantitative estimate of drug-likeness (QED) is 0.755.